The Morgan fingerprint density at radius 3 is 2.73 bits per heavy atom. The Morgan fingerprint density at radius 1 is 1.27 bits per heavy atom. The quantitative estimate of drug-likeness (QED) is 0.283. The summed E-state index contributed by atoms with van der Waals surface area (Å²) in [6.07, 6.45) is -1.03. The van der Waals surface area contributed by atoms with Crippen molar-refractivity contribution in [3.63, 3.8) is 0 Å². The molecule has 2 aliphatic heterocycles. The molecule has 236 valence electrons. The summed E-state index contributed by atoms with van der Waals surface area (Å²) in [5.41, 5.74) is 1.81. The number of aryl methyl sites for hydroxylation is 1. The standard InChI is InChI=1S/C30H35F3N6O3S2/c1-18-14-38(8-7-34-18)21-5-6-25(23(11-21)20-3-4-20)36-29-35-13-24(30(31,32)33)28(37-29)26-12-27(19(2)43-26)44(41)10-9-39(17-40)22-15-42-16-22/h5-6,11-13,17-18,20,22,34H,3-4,7-10,14-16H2,1-2H3,(H,35,36,37). The van der Waals surface area contributed by atoms with Crippen molar-refractivity contribution >= 4 is 45.9 Å². The number of halogens is 3. The number of thiophene rings is 1. The number of carbonyl (C=O) groups excluding carboxylic acids is 1. The summed E-state index contributed by atoms with van der Waals surface area (Å²) >= 11 is 1.11. The summed E-state index contributed by atoms with van der Waals surface area (Å²) in [4.78, 5) is 25.1. The van der Waals surface area contributed by atoms with Crippen LogP contribution in [-0.4, -0.2) is 82.7 Å². The Balaban J connectivity index is 1.26. The van der Waals surface area contributed by atoms with Crippen LogP contribution in [0.3, 0.4) is 0 Å². The van der Waals surface area contributed by atoms with E-state index in [1.54, 1.807) is 11.8 Å². The Bertz CT molecular complexity index is 1540. The number of aromatic nitrogens is 2. The minimum atomic E-state index is -4.68. The molecule has 44 heavy (non-hydrogen) atoms. The summed E-state index contributed by atoms with van der Waals surface area (Å²) in [7, 11) is -1.52. The van der Waals surface area contributed by atoms with Gasteiger partial charge in [0.1, 0.15) is 5.56 Å². The number of amides is 1. The lowest BCUT2D eigenvalue weighted by molar-refractivity contribution is -0.137. The second-order valence-electron chi connectivity index (χ2n) is 11.5. The lowest BCUT2D eigenvalue weighted by atomic mass is 10.1. The minimum Gasteiger partial charge on any atom is -0.377 e. The van der Waals surface area contributed by atoms with Crippen LogP contribution in [0, 0.1) is 6.92 Å². The van der Waals surface area contributed by atoms with Gasteiger partial charge in [0.25, 0.3) is 0 Å². The molecule has 0 spiro atoms. The van der Waals surface area contributed by atoms with Crippen molar-refractivity contribution in [2.24, 2.45) is 0 Å². The zero-order valence-electron chi connectivity index (χ0n) is 24.5. The molecule has 2 N–H and O–H groups in total. The third-order valence-corrected chi connectivity index (χ3v) is 10.9. The number of nitrogens with one attached hydrogen (secondary N) is 2. The number of carbonyl (C=O) groups is 1. The molecule has 3 fully saturated rings. The number of piperazine rings is 1. The van der Waals surface area contributed by atoms with Gasteiger partial charge < -0.3 is 25.2 Å². The fraction of sp³-hybridized carbons (Fsp3) is 0.500. The summed E-state index contributed by atoms with van der Waals surface area (Å²) < 4.78 is 60.7. The number of ether oxygens (including phenoxy) is 1. The predicted octanol–water partition coefficient (Wildman–Crippen LogP) is 4.92. The fourth-order valence-corrected chi connectivity index (χ4v) is 8.12. The number of benzene rings is 1. The molecule has 14 heteroatoms. The summed E-state index contributed by atoms with van der Waals surface area (Å²) in [6, 6.07) is 8.05. The summed E-state index contributed by atoms with van der Waals surface area (Å²) in [5.74, 6) is 0.620. The Morgan fingerprint density at radius 2 is 2.07 bits per heavy atom. The molecular formula is C30H35F3N6O3S2. The van der Waals surface area contributed by atoms with E-state index in [1.165, 1.54) is 6.07 Å². The topological polar surface area (TPSA) is 99.7 Å². The highest BCUT2D eigenvalue weighted by Crippen LogP contribution is 2.46. The van der Waals surface area contributed by atoms with Crippen LogP contribution in [0.1, 0.15) is 41.7 Å². The maximum Gasteiger partial charge on any atom is 0.420 e. The molecule has 1 saturated carbocycles. The average Bonchev–Trinajstić information content (AvgIpc) is 3.74. The molecule has 3 aromatic rings. The number of rotatable bonds is 11. The highest BCUT2D eigenvalue weighted by molar-refractivity contribution is 7.85. The van der Waals surface area contributed by atoms with E-state index >= 15 is 0 Å². The molecule has 2 unspecified atom stereocenters. The molecule has 3 aliphatic rings. The van der Waals surface area contributed by atoms with Crippen molar-refractivity contribution in [2.45, 2.75) is 55.8 Å². The van der Waals surface area contributed by atoms with Crippen LogP contribution in [0.15, 0.2) is 35.4 Å². The van der Waals surface area contributed by atoms with Crippen LogP contribution in [0.2, 0.25) is 0 Å². The lowest BCUT2D eigenvalue weighted by Gasteiger charge is -2.34. The van der Waals surface area contributed by atoms with Gasteiger partial charge in [0.05, 0.1) is 45.5 Å². The van der Waals surface area contributed by atoms with Crippen molar-refractivity contribution in [3.8, 4) is 10.6 Å². The zero-order chi connectivity index (χ0) is 31.0. The Hall–Kier alpha value is -3.07. The number of hydrogen-bond acceptors (Lipinski definition) is 9. The maximum absolute atomic E-state index is 14.1. The van der Waals surface area contributed by atoms with Gasteiger partial charge in [-0.25, -0.2) is 9.97 Å². The molecule has 6 rings (SSSR count). The largest absolute Gasteiger partial charge is 0.420 e. The Kier molecular flexibility index (Phi) is 8.95. The third kappa shape index (κ3) is 6.77. The van der Waals surface area contributed by atoms with E-state index in [-0.39, 0.29) is 34.9 Å². The smallest absolute Gasteiger partial charge is 0.377 e. The molecule has 2 aromatic heterocycles. The second-order valence-corrected chi connectivity index (χ2v) is 14.3. The van der Waals surface area contributed by atoms with E-state index in [0.29, 0.717) is 34.9 Å². The van der Waals surface area contributed by atoms with Crippen molar-refractivity contribution in [3.05, 3.63) is 46.5 Å². The predicted molar refractivity (Wildman–Crippen MR) is 165 cm³/mol. The first-order chi connectivity index (χ1) is 21.1. The number of hydrogen-bond donors (Lipinski definition) is 2. The molecule has 4 heterocycles. The van der Waals surface area contributed by atoms with Gasteiger partial charge in [-0.3, -0.25) is 9.00 Å². The van der Waals surface area contributed by atoms with Gasteiger partial charge in [-0.2, -0.15) is 13.2 Å². The van der Waals surface area contributed by atoms with Crippen molar-refractivity contribution in [1.82, 2.24) is 20.2 Å². The van der Waals surface area contributed by atoms with Crippen LogP contribution < -0.4 is 15.5 Å². The summed E-state index contributed by atoms with van der Waals surface area (Å²) in [6.45, 7) is 7.76. The van der Waals surface area contributed by atoms with Gasteiger partial charge in [-0.15, -0.1) is 11.3 Å². The monoisotopic (exact) mass is 648 g/mol. The van der Waals surface area contributed by atoms with E-state index in [4.69, 9.17) is 4.74 Å². The first-order valence-electron chi connectivity index (χ1n) is 14.7. The first kappa shape index (κ1) is 30.9. The molecule has 0 bridgehead atoms. The molecule has 1 amide bonds. The van der Waals surface area contributed by atoms with Gasteiger partial charge in [-0.1, -0.05) is 0 Å². The first-order valence-corrected chi connectivity index (χ1v) is 16.9. The molecular weight excluding hydrogens is 613 g/mol. The highest BCUT2D eigenvalue weighted by atomic mass is 32.2. The summed E-state index contributed by atoms with van der Waals surface area (Å²) in [5, 5.41) is 6.66. The lowest BCUT2D eigenvalue weighted by Crippen LogP contribution is -2.49. The van der Waals surface area contributed by atoms with Gasteiger partial charge in [0, 0.05) is 60.4 Å². The normalized spacial score (nSPS) is 19.8. The highest BCUT2D eigenvalue weighted by Gasteiger charge is 2.37. The van der Waals surface area contributed by atoms with E-state index in [9.17, 15) is 22.2 Å². The van der Waals surface area contributed by atoms with Crippen molar-refractivity contribution < 1.29 is 26.9 Å². The van der Waals surface area contributed by atoms with Gasteiger partial charge in [0.2, 0.25) is 12.4 Å². The van der Waals surface area contributed by atoms with Gasteiger partial charge >= 0.3 is 6.18 Å². The minimum absolute atomic E-state index is 0.0349. The van der Waals surface area contributed by atoms with Gasteiger partial charge in [-0.05, 0) is 62.4 Å². The molecule has 2 atom stereocenters. The van der Waals surface area contributed by atoms with E-state index in [2.05, 4.69) is 38.5 Å². The number of anilines is 3. The van der Waals surface area contributed by atoms with Gasteiger partial charge in [0.15, 0.2) is 0 Å². The van der Waals surface area contributed by atoms with Crippen LogP contribution in [0.25, 0.3) is 10.6 Å². The molecule has 0 radical (unpaired) electrons. The van der Waals surface area contributed by atoms with Crippen molar-refractivity contribution in [2.75, 3.05) is 55.4 Å². The maximum atomic E-state index is 14.1. The number of nitrogens with zero attached hydrogens (tertiary/aromatic N) is 4. The van der Waals surface area contributed by atoms with Crippen LogP contribution in [-0.2, 0) is 26.5 Å². The fourth-order valence-electron chi connectivity index (χ4n) is 5.56. The SMILES string of the molecule is Cc1sc(-c2nc(Nc3ccc(N4CCNC(C)C4)cc3C3CC3)ncc2C(F)(F)F)cc1S(=O)CCN(C=O)C1COC1. The molecule has 1 aliphatic carbocycles. The van der Waals surface area contributed by atoms with Crippen LogP contribution >= 0.6 is 11.3 Å². The second kappa shape index (κ2) is 12.7. The molecule has 9 nitrogen and oxygen atoms in total. The zero-order valence-corrected chi connectivity index (χ0v) is 26.2. The van der Waals surface area contributed by atoms with Crippen LogP contribution in [0.5, 0.6) is 0 Å². The molecule has 1 aromatic carbocycles. The van der Waals surface area contributed by atoms with E-state index in [1.807, 2.05) is 12.1 Å². The van der Waals surface area contributed by atoms with E-state index < -0.39 is 22.5 Å². The van der Waals surface area contributed by atoms with Crippen LogP contribution in [0.4, 0.5) is 30.5 Å². The Labute approximate surface area is 260 Å². The van der Waals surface area contributed by atoms with E-state index in [0.717, 1.165) is 73.4 Å². The molecule has 2 saturated heterocycles. The number of alkyl halides is 3. The van der Waals surface area contributed by atoms with Crippen molar-refractivity contribution in [1.29, 1.82) is 0 Å². The average molecular weight is 649 g/mol. The third-order valence-electron chi connectivity index (χ3n) is 8.24.